The first kappa shape index (κ1) is 17.6. The van der Waals surface area contributed by atoms with Crippen molar-refractivity contribution < 1.29 is 9.53 Å². The van der Waals surface area contributed by atoms with Crippen LogP contribution in [0.2, 0.25) is 5.02 Å². The summed E-state index contributed by atoms with van der Waals surface area (Å²) in [7, 11) is 1.66. The molecule has 1 amide bonds. The van der Waals surface area contributed by atoms with E-state index in [1.165, 1.54) is 6.20 Å². The van der Waals surface area contributed by atoms with Gasteiger partial charge in [-0.05, 0) is 24.0 Å². The van der Waals surface area contributed by atoms with Gasteiger partial charge in [-0.25, -0.2) is 9.97 Å². The van der Waals surface area contributed by atoms with Crippen LogP contribution in [-0.4, -0.2) is 36.1 Å². The summed E-state index contributed by atoms with van der Waals surface area (Å²) < 4.78 is 5.13. The molecule has 25 heavy (non-hydrogen) atoms. The zero-order valence-corrected chi connectivity index (χ0v) is 14.9. The van der Waals surface area contributed by atoms with Gasteiger partial charge in [-0.1, -0.05) is 35.9 Å². The van der Waals surface area contributed by atoms with E-state index in [0.29, 0.717) is 19.1 Å². The second-order valence-corrected chi connectivity index (χ2v) is 6.40. The average Bonchev–Trinajstić information content (AvgIpc) is 3.15. The molecule has 0 saturated carbocycles. The number of benzene rings is 1. The van der Waals surface area contributed by atoms with E-state index in [0.717, 1.165) is 37.1 Å². The number of amides is 1. The fraction of sp³-hybridized carbons (Fsp3) is 0.389. The third kappa shape index (κ3) is 4.46. The summed E-state index contributed by atoms with van der Waals surface area (Å²) in [5.74, 6) is 0.263. The van der Waals surface area contributed by atoms with Gasteiger partial charge in [-0.15, -0.1) is 0 Å². The molecule has 1 fully saturated rings. The smallest absolute Gasteiger partial charge is 0.271 e. The number of carbonyl (C=O) groups is 1. The van der Waals surface area contributed by atoms with Crippen molar-refractivity contribution in [2.24, 2.45) is 0 Å². The summed E-state index contributed by atoms with van der Waals surface area (Å²) in [6.07, 6.45) is 3.73. The minimum atomic E-state index is -0.301. The number of ether oxygens (including phenoxy) is 1. The van der Waals surface area contributed by atoms with Crippen LogP contribution in [0, 0.1) is 0 Å². The van der Waals surface area contributed by atoms with Gasteiger partial charge in [0.25, 0.3) is 5.91 Å². The van der Waals surface area contributed by atoms with E-state index in [2.05, 4.69) is 20.2 Å². The Morgan fingerprint density at radius 3 is 2.84 bits per heavy atom. The highest BCUT2D eigenvalue weighted by molar-refractivity contribution is 6.33. The number of nitrogens with zero attached hydrogens (tertiary/aromatic N) is 3. The topological polar surface area (TPSA) is 67.3 Å². The van der Waals surface area contributed by atoms with Gasteiger partial charge >= 0.3 is 0 Å². The first-order chi connectivity index (χ1) is 12.2. The lowest BCUT2D eigenvalue weighted by Gasteiger charge is -2.16. The highest BCUT2D eigenvalue weighted by atomic mass is 35.5. The van der Waals surface area contributed by atoms with Crippen LogP contribution in [0.15, 0.2) is 30.5 Å². The second-order valence-electron chi connectivity index (χ2n) is 6.00. The zero-order valence-electron chi connectivity index (χ0n) is 14.2. The molecule has 7 heteroatoms. The van der Waals surface area contributed by atoms with Crippen molar-refractivity contribution in [1.82, 2.24) is 15.3 Å². The molecular weight excluding hydrogens is 340 g/mol. The van der Waals surface area contributed by atoms with Crippen molar-refractivity contribution in [3.8, 4) is 0 Å². The number of hydrogen-bond acceptors (Lipinski definition) is 5. The van der Waals surface area contributed by atoms with E-state index in [9.17, 15) is 4.79 Å². The van der Waals surface area contributed by atoms with E-state index in [-0.39, 0.29) is 16.6 Å². The van der Waals surface area contributed by atoms with Gasteiger partial charge in [0.05, 0.1) is 17.8 Å². The molecule has 1 aliphatic heterocycles. The molecule has 6 nitrogen and oxygen atoms in total. The summed E-state index contributed by atoms with van der Waals surface area (Å²) >= 11 is 6.13. The molecule has 132 valence electrons. The van der Waals surface area contributed by atoms with Crippen LogP contribution in [0.1, 0.15) is 34.5 Å². The lowest BCUT2D eigenvalue weighted by atomic mass is 10.1. The zero-order chi connectivity index (χ0) is 17.6. The van der Waals surface area contributed by atoms with Gasteiger partial charge < -0.3 is 15.0 Å². The van der Waals surface area contributed by atoms with Crippen molar-refractivity contribution in [2.45, 2.75) is 26.0 Å². The number of aromatic nitrogens is 2. The van der Waals surface area contributed by atoms with Crippen molar-refractivity contribution in [1.29, 1.82) is 0 Å². The molecular formula is C18H21ClN4O2. The molecule has 1 aromatic heterocycles. The third-order valence-electron chi connectivity index (χ3n) is 4.09. The first-order valence-electron chi connectivity index (χ1n) is 8.30. The summed E-state index contributed by atoms with van der Waals surface area (Å²) in [6.45, 7) is 2.76. The Bertz CT molecular complexity index is 748. The van der Waals surface area contributed by atoms with E-state index in [1.54, 1.807) is 7.11 Å². The maximum atomic E-state index is 12.5. The third-order valence-corrected chi connectivity index (χ3v) is 4.37. The molecule has 0 unspecified atom stereocenters. The Morgan fingerprint density at radius 2 is 2.08 bits per heavy atom. The highest BCUT2D eigenvalue weighted by Gasteiger charge is 2.19. The van der Waals surface area contributed by atoms with E-state index in [1.807, 2.05) is 24.3 Å². The molecule has 1 aromatic carbocycles. The Balaban J connectivity index is 1.68. The van der Waals surface area contributed by atoms with Crippen molar-refractivity contribution >= 4 is 23.5 Å². The van der Waals surface area contributed by atoms with Gasteiger partial charge in [0, 0.05) is 26.7 Å². The predicted octanol–water partition coefficient (Wildman–Crippen LogP) is 2.81. The number of hydrogen-bond donors (Lipinski definition) is 1. The maximum Gasteiger partial charge on any atom is 0.271 e. The Morgan fingerprint density at radius 1 is 1.32 bits per heavy atom. The summed E-state index contributed by atoms with van der Waals surface area (Å²) in [4.78, 5) is 23.2. The van der Waals surface area contributed by atoms with Crippen LogP contribution < -0.4 is 10.2 Å². The van der Waals surface area contributed by atoms with Crippen LogP contribution in [0.5, 0.6) is 0 Å². The summed E-state index contributed by atoms with van der Waals surface area (Å²) in [5, 5.41) is 3.13. The standard InChI is InChI=1S/C18H21ClN4O2/c1-25-12-14-6-4-5-13(9-14)10-20-17(24)16-15(19)11-21-18(22-16)23-7-2-3-8-23/h4-6,9,11H,2-3,7-8,10,12H2,1H3,(H,20,24). The van der Waals surface area contributed by atoms with Gasteiger partial charge in [0.2, 0.25) is 5.95 Å². The quantitative estimate of drug-likeness (QED) is 0.858. The van der Waals surface area contributed by atoms with Gasteiger partial charge in [-0.3, -0.25) is 4.79 Å². The van der Waals surface area contributed by atoms with E-state index in [4.69, 9.17) is 16.3 Å². The molecule has 0 spiro atoms. The van der Waals surface area contributed by atoms with E-state index >= 15 is 0 Å². The fourth-order valence-electron chi connectivity index (χ4n) is 2.85. The van der Waals surface area contributed by atoms with Crippen molar-refractivity contribution in [3.05, 3.63) is 52.3 Å². The number of rotatable bonds is 6. The SMILES string of the molecule is COCc1cccc(CNC(=O)c2nc(N3CCCC3)ncc2Cl)c1. The Hall–Kier alpha value is -2.18. The number of nitrogens with one attached hydrogen (secondary N) is 1. The van der Waals surface area contributed by atoms with Gasteiger partial charge in [0.1, 0.15) is 0 Å². The fourth-order valence-corrected chi connectivity index (χ4v) is 3.03. The second kappa shape index (κ2) is 8.27. The van der Waals surface area contributed by atoms with Gasteiger partial charge in [0.15, 0.2) is 5.69 Å². The predicted molar refractivity (Wildman–Crippen MR) is 96.8 cm³/mol. The van der Waals surface area contributed by atoms with Crippen molar-refractivity contribution in [3.63, 3.8) is 0 Å². The summed E-state index contributed by atoms with van der Waals surface area (Å²) in [5.41, 5.74) is 2.27. The molecule has 1 saturated heterocycles. The minimum Gasteiger partial charge on any atom is -0.380 e. The molecule has 0 aliphatic carbocycles. The lowest BCUT2D eigenvalue weighted by molar-refractivity contribution is 0.0946. The van der Waals surface area contributed by atoms with Crippen LogP contribution in [0.25, 0.3) is 0 Å². The monoisotopic (exact) mass is 360 g/mol. The molecule has 2 heterocycles. The van der Waals surface area contributed by atoms with Crippen LogP contribution in [0.3, 0.4) is 0 Å². The first-order valence-corrected chi connectivity index (χ1v) is 8.67. The molecule has 0 atom stereocenters. The highest BCUT2D eigenvalue weighted by Crippen LogP contribution is 2.20. The Labute approximate surface area is 152 Å². The lowest BCUT2D eigenvalue weighted by Crippen LogP contribution is -2.26. The Kier molecular flexibility index (Phi) is 5.83. The van der Waals surface area contributed by atoms with Gasteiger partial charge in [-0.2, -0.15) is 0 Å². The molecule has 1 N–H and O–H groups in total. The van der Waals surface area contributed by atoms with Crippen LogP contribution in [0.4, 0.5) is 5.95 Å². The molecule has 0 bridgehead atoms. The minimum absolute atomic E-state index is 0.214. The average molecular weight is 361 g/mol. The largest absolute Gasteiger partial charge is 0.380 e. The molecule has 0 radical (unpaired) electrons. The van der Waals surface area contributed by atoms with Crippen LogP contribution >= 0.6 is 11.6 Å². The molecule has 2 aromatic rings. The number of methoxy groups -OCH3 is 1. The summed E-state index contributed by atoms with van der Waals surface area (Å²) in [6, 6.07) is 7.88. The number of halogens is 1. The number of anilines is 1. The molecule has 3 rings (SSSR count). The van der Waals surface area contributed by atoms with Crippen LogP contribution in [-0.2, 0) is 17.9 Å². The molecule has 1 aliphatic rings. The number of carbonyl (C=O) groups excluding carboxylic acids is 1. The van der Waals surface area contributed by atoms with Crippen molar-refractivity contribution in [2.75, 3.05) is 25.1 Å². The normalized spacial score (nSPS) is 13.9. The maximum absolute atomic E-state index is 12.5. The van der Waals surface area contributed by atoms with E-state index < -0.39 is 0 Å².